The fourth-order valence-corrected chi connectivity index (χ4v) is 3.45. The van der Waals surface area contributed by atoms with Crippen LogP contribution in [0.1, 0.15) is 5.56 Å². The van der Waals surface area contributed by atoms with Crippen molar-refractivity contribution in [2.75, 3.05) is 29.9 Å². The summed E-state index contributed by atoms with van der Waals surface area (Å²) in [6.07, 6.45) is -5.97. The zero-order valence-corrected chi connectivity index (χ0v) is 17.9. The number of nitrogens with one attached hydrogen (secondary N) is 1. The number of piperazine rings is 1. The predicted molar refractivity (Wildman–Crippen MR) is 115 cm³/mol. The molecular weight excluding hydrogens is 477 g/mol. The number of ether oxygens (including phenoxy) is 1. The quantitative estimate of drug-likeness (QED) is 0.459. The first kappa shape index (κ1) is 25.3. The second kappa shape index (κ2) is 10.3. The molecule has 35 heavy (non-hydrogen) atoms. The number of nitro groups is 1. The molecule has 1 atom stereocenters. The van der Waals surface area contributed by atoms with E-state index in [-0.39, 0.29) is 31.9 Å². The largest absolute Gasteiger partial charge is 0.480 e. The van der Waals surface area contributed by atoms with Gasteiger partial charge < -0.3 is 25.0 Å². The van der Waals surface area contributed by atoms with Crippen LogP contribution in [0, 0.1) is 10.1 Å². The summed E-state index contributed by atoms with van der Waals surface area (Å²) in [6.45, 7) is -0.547. The van der Waals surface area contributed by atoms with Crippen molar-refractivity contribution in [2.24, 2.45) is 0 Å². The molecular formula is C21H19F3N4O7. The Balaban J connectivity index is 1.77. The molecule has 14 heteroatoms. The van der Waals surface area contributed by atoms with Crippen LogP contribution in [0.4, 0.5) is 35.0 Å². The van der Waals surface area contributed by atoms with Crippen molar-refractivity contribution >= 4 is 35.0 Å². The average molecular weight is 496 g/mol. The molecule has 3 rings (SSSR count). The Morgan fingerprint density at radius 3 is 2.43 bits per heavy atom. The summed E-state index contributed by atoms with van der Waals surface area (Å²) < 4.78 is 42.7. The fourth-order valence-electron chi connectivity index (χ4n) is 3.45. The number of halogens is 3. The summed E-state index contributed by atoms with van der Waals surface area (Å²) in [7, 11) is 0. The van der Waals surface area contributed by atoms with E-state index in [1.807, 2.05) is 0 Å². The van der Waals surface area contributed by atoms with Gasteiger partial charge in [-0.3, -0.25) is 14.9 Å². The number of benzene rings is 2. The van der Waals surface area contributed by atoms with Gasteiger partial charge in [0.1, 0.15) is 18.3 Å². The number of amides is 2. The molecule has 1 fully saturated rings. The number of carbonyl (C=O) groups is 3. The minimum Gasteiger partial charge on any atom is -0.480 e. The van der Waals surface area contributed by atoms with E-state index in [9.17, 15) is 42.8 Å². The van der Waals surface area contributed by atoms with Gasteiger partial charge in [0.2, 0.25) is 0 Å². The molecule has 1 heterocycles. The average Bonchev–Trinajstić information content (AvgIpc) is 2.82. The highest BCUT2D eigenvalue weighted by molar-refractivity contribution is 5.95. The fraction of sp³-hybridized carbons (Fsp3) is 0.286. The number of nitro benzene ring substituents is 1. The minimum absolute atomic E-state index is 0.0267. The second-order valence-electron chi connectivity index (χ2n) is 7.45. The molecule has 2 aromatic rings. The molecule has 2 amide bonds. The van der Waals surface area contributed by atoms with Gasteiger partial charge in [0.25, 0.3) is 5.69 Å². The molecule has 11 nitrogen and oxygen atoms in total. The van der Waals surface area contributed by atoms with Crippen LogP contribution in [0.25, 0.3) is 0 Å². The summed E-state index contributed by atoms with van der Waals surface area (Å²) in [6, 6.07) is 10.1. The van der Waals surface area contributed by atoms with Gasteiger partial charge in [-0.1, -0.05) is 30.3 Å². The highest BCUT2D eigenvalue weighted by Crippen LogP contribution is 2.34. The van der Waals surface area contributed by atoms with E-state index >= 15 is 0 Å². The molecule has 1 aliphatic heterocycles. The maximum Gasteiger partial charge on any atom is 0.471 e. The lowest BCUT2D eigenvalue weighted by molar-refractivity contribution is -0.384. The third kappa shape index (κ3) is 6.16. The predicted octanol–water partition coefficient (Wildman–Crippen LogP) is 3.01. The molecule has 0 radical (unpaired) electrons. The van der Waals surface area contributed by atoms with Crippen molar-refractivity contribution in [1.29, 1.82) is 0 Å². The van der Waals surface area contributed by atoms with E-state index in [4.69, 9.17) is 4.74 Å². The summed E-state index contributed by atoms with van der Waals surface area (Å²) in [5, 5.41) is 22.8. The Hall–Kier alpha value is -4.36. The van der Waals surface area contributed by atoms with E-state index in [1.54, 1.807) is 30.3 Å². The molecule has 186 valence electrons. The lowest BCUT2D eigenvalue weighted by atomic mass is 10.1. The normalized spacial score (nSPS) is 15.9. The van der Waals surface area contributed by atoms with Gasteiger partial charge in [-0.15, -0.1) is 0 Å². The first-order valence-corrected chi connectivity index (χ1v) is 10.1. The SMILES string of the molecule is O=C(O)C1CN(C(=O)OCc2ccccc2)CCN1c1ccc(NC(=O)C(F)(F)F)cc1[N+](=O)[O-]. The summed E-state index contributed by atoms with van der Waals surface area (Å²) in [4.78, 5) is 48.5. The van der Waals surface area contributed by atoms with Crippen molar-refractivity contribution in [1.82, 2.24) is 4.90 Å². The number of carboxylic acids is 1. The van der Waals surface area contributed by atoms with Gasteiger partial charge in [0.05, 0.1) is 11.5 Å². The molecule has 0 saturated carbocycles. The molecule has 0 spiro atoms. The highest BCUT2D eigenvalue weighted by atomic mass is 19.4. The van der Waals surface area contributed by atoms with Crippen LogP contribution >= 0.6 is 0 Å². The summed E-state index contributed by atoms with van der Waals surface area (Å²) in [5.41, 5.74) is -0.665. The Morgan fingerprint density at radius 2 is 1.83 bits per heavy atom. The number of aliphatic carboxylic acids is 1. The number of hydrogen-bond acceptors (Lipinski definition) is 7. The monoisotopic (exact) mass is 496 g/mol. The van der Waals surface area contributed by atoms with Gasteiger partial charge in [0.15, 0.2) is 0 Å². The number of carboxylic acid groups (broad SMARTS) is 1. The summed E-state index contributed by atoms with van der Waals surface area (Å²) in [5.74, 6) is -3.69. The van der Waals surface area contributed by atoms with Gasteiger partial charge in [-0.25, -0.2) is 9.59 Å². The number of nitrogens with zero attached hydrogens (tertiary/aromatic N) is 3. The lowest BCUT2D eigenvalue weighted by Gasteiger charge is -2.39. The van der Waals surface area contributed by atoms with E-state index in [2.05, 4.69) is 0 Å². The number of rotatable bonds is 6. The molecule has 2 N–H and O–H groups in total. The Bertz CT molecular complexity index is 1130. The van der Waals surface area contributed by atoms with Crippen molar-refractivity contribution in [2.45, 2.75) is 18.8 Å². The van der Waals surface area contributed by atoms with Crippen LogP contribution in [0.2, 0.25) is 0 Å². The third-order valence-electron chi connectivity index (χ3n) is 5.13. The topological polar surface area (TPSA) is 142 Å². The third-order valence-corrected chi connectivity index (χ3v) is 5.13. The van der Waals surface area contributed by atoms with Crippen LogP contribution in [-0.4, -0.2) is 64.8 Å². The Morgan fingerprint density at radius 1 is 1.14 bits per heavy atom. The maximum atomic E-state index is 12.5. The lowest BCUT2D eigenvalue weighted by Crippen LogP contribution is -2.58. The molecule has 0 aliphatic carbocycles. The van der Waals surface area contributed by atoms with Gasteiger partial charge >= 0.3 is 24.1 Å². The number of alkyl halides is 3. The zero-order valence-electron chi connectivity index (χ0n) is 17.9. The van der Waals surface area contributed by atoms with Crippen LogP contribution < -0.4 is 10.2 Å². The van der Waals surface area contributed by atoms with Crippen molar-refractivity contribution in [3.63, 3.8) is 0 Å². The van der Waals surface area contributed by atoms with E-state index in [0.29, 0.717) is 6.07 Å². The van der Waals surface area contributed by atoms with Crippen molar-refractivity contribution in [3.05, 3.63) is 64.2 Å². The number of hydrogen-bond donors (Lipinski definition) is 2. The highest BCUT2D eigenvalue weighted by Gasteiger charge is 2.40. The van der Waals surface area contributed by atoms with Gasteiger partial charge in [0, 0.05) is 24.8 Å². The Kier molecular flexibility index (Phi) is 7.42. The van der Waals surface area contributed by atoms with Gasteiger partial charge in [-0.05, 0) is 17.7 Å². The smallest absolute Gasteiger partial charge is 0.471 e. The second-order valence-corrected chi connectivity index (χ2v) is 7.45. The van der Waals surface area contributed by atoms with Crippen LogP contribution in [0.15, 0.2) is 48.5 Å². The van der Waals surface area contributed by atoms with Crippen LogP contribution in [-0.2, 0) is 20.9 Å². The molecule has 0 aromatic heterocycles. The first-order valence-electron chi connectivity index (χ1n) is 10.1. The van der Waals surface area contributed by atoms with E-state index in [1.165, 1.54) is 5.32 Å². The molecule has 2 aromatic carbocycles. The molecule has 0 bridgehead atoms. The van der Waals surface area contributed by atoms with Crippen LogP contribution in [0.3, 0.4) is 0 Å². The number of anilines is 2. The number of carbonyl (C=O) groups excluding carboxylic acids is 2. The first-order chi connectivity index (χ1) is 16.5. The molecule has 1 unspecified atom stereocenters. The van der Waals surface area contributed by atoms with E-state index in [0.717, 1.165) is 27.5 Å². The maximum absolute atomic E-state index is 12.5. The molecule has 1 aliphatic rings. The summed E-state index contributed by atoms with van der Waals surface area (Å²) >= 11 is 0. The Labute approximate surface area is 195 Å². The van der Waals surface area contributed by atoms with Crippen molar-refractivity contribution in [3.8, 4) is 0 Å². The van der Waals surface area contributed by atoms with Crippen molar-refractivity contribution < 1.29 is 42.3 Å². The standard InChI is InChI=1S/C21H19F3N4O7/c22-21(23,24)19(31)25-14-6-7-15(16(10-14)28(33)34)27-9-8-26(11-17(27)18(29)30)20(32)35-12-13-4-2-1-3-5-13/h1-7,10,17H,8-9,11-12H2,(H,25,31)(H,29,30). The zero-order chi connectivity index (χ0) is 25.8. The van der Waals surface area contributed by atoms with Crippen LogP contribution in [0.5, 0.6) is 0 Å². The van der Waals surface area contributed by atoms with E-state index < -0.39 is 46.5 Å². The van der Waals surface area contributed by atoms with Gasteiger partial charge in [-0.2, -0.15) is 13.2 Å². The minimum atomic E-state index is -5.20. The molecule has 1 saturated heterocycles.